The average Bonchev–Trinajstić information content (AvgIpc) is 3.26. The van der Waals surface area contributed by atoms with Gasteiger partial charge < -0.3 is 5.32 Å². The fourth-order valence-electron chi connectivity index (χ4n) is 3.12. The van der Waals surface area contributed by atoms with E-state index in [2.05, 4.69) is 57.3 Å². The van der Waals surface area contributed by atoms with E-state index in [9.17, 15) is 0 Å². The molecule has 3 rings (SSSR count). The molecule has 1 aliphatic carbocycles. The standard InChI is InChI=1S/C16H23BrN2/c1-2-15-9-18-16(13-5-6-13)11-19(15)10-12-3-7-14(17)8-4-12/h3-4,7-8,13,15-16,18H,2,5-6,9-11H2,1H3. The Morgan fingerprint density at radius 3 is 2.63 bits per heavy atom. The molecular weight excluding hydrogens is 300 g/mol. The third-order valence-electron chi connectivity index (χ3n) is 4.52. The van der Waals surface area contributed by atoms with E-state index in [0.717, 1.165) is 25.0 Å². The molecule has 1 saturated carbocycles. The monoisotopic (exact) mass is 322 g/mol. The first kappa shape index (κ1) is 13.6. The van der Waals surface area contributed by atoms with Gasteiger partial charge in [0.05, 0.1) is 0 Å². The number of nitrogens with one attached hydrogen (secondary N) is 1. The molecule has 2 fully saturated rings. The Hall–Kier alpha value is -0.380. The van der Waals surface area contributed by atoms with E-state index in [4.69, 9.17) is 0 Å². The van der Waals surface area contributed by atoms with Crippen molar-refractivity contribution in [2.75, 3.05) is 13.1 Å². The lowest BCUT2D eigenvalue weighted by molar-refractivity contribution is 0.112. The second kappa shape index (κ2) is 5.94. The van der Waals surface area contributed by atoms with E-state index in [1.807, 2.05) is 0 Å². The summed E-state index contributed by atoms with van der Waals surface area (Å²) in [5.41, 5.74) is 1.43. The second-order valence-electron chi connectivity index (χ2n) is 5.97. The minimum Gasteiger partial charge on any atom is -0.311 e. The first-order chi connectivity index (χ1) is 9.26. The zero-order valence-corrected chi connectivity index (χ0v) is 13.2. The fraction of sp³-hybridized carbons (Fsp3) is 0.625. The summed E-state index contributed by atoms with van der Waals surface area (Å²) in [6.45, 7) is 5.78. The molecule has 104 valence electrons. The van der Waals surface area contributed by atoms with Crippen LogP contribution < -0.4 is 5.32 Å². The molecule has 19 heavy (non-hydrogen) atoms. The summed E-state index contributed by atoms with van der Waals surface area (Å²) in [5, 5.41) is 3.76. The van der Waals surface area contributed by atoms with Crippen LogP contribution in [0.2, 0.25) is 0 Å². The Bertz CT molecular complexity index is 413. The smallest absolute Gasteiger partial charge is 0.0237 e. The molecular formula is C16H23BrN2. The Morgan fingerprint density at radius 2 is 2.00 bits per heavy atom. The lowest BCUT2D eigenvalue weighted by atomic mass is 10.0. The molecule has 0 aromatic heterocycles. The van der Waals surface area contributed by atoms with Crippen molar-refractivity contribution in [3.05, 3.63) is 34.3 Å². The Morgan fingerprint density at radius 1 is 1.26 bits per heavy atom. The topological polar surface area (TPSA) is 15.3 Å². The normalized spacial score (nSPS) is 28.5. The van der Waals surface area contributed by atoms with Gasteiger partial charge in [0.25, 0.3) is 0 Å². The molecule has 3 heteroatoms. The van der Waals surface area contributed by atoms with Gasteiger partial charge in [0.2, 0.25) is 0 Å². The first-order valence-corrected chi connectivity index (χ1v) is 8.27. The van der Waals surface area contributed by atoms with Gasteiger partial charge in [-0.3, -0.25) is 4.90 Å². The molecule has 1 saturated heterocycles. The quantitative estimate of drug-likeness (QED) is 0.913. The Kier molecular flexibility index (Phi) is 4.25. The molecule has 1 aromatic rings. The van der Waals surface area contributed by atoms with Gasteiger partial charge in [-0.15, -0.1) is 0 Å². The van der Waals surface area contributed by atoms with Crippen molar-refractivity contribution in [3.63, 3.8) is 0 Å². The highest BCUT2D eigenvalue weighted by Crippen LogP contribution is 2.34. The molecule has 0 bridgehead atoms. The number of hydrogen-bond acceptors (Lipinski definition) is 2. The zero-order chi connectivity index (χ0) is 13.2. The second-order valence-corrected chi connectivity index (χ2v) is 6.89. The van der Waals surface area contributed by atoms with E-state index >= 15 is 0 Å². The van der Waals surface area contributed by atoms with Crippen LogP contribution in [-0.4, -0.2) is 30.1 Å². The molecule has 0 radical (unpaired) electrons. The third kappa shape index (κ3) is 3.39. The fourth-order valence-corrected chi connectivity index (χ4v) is 3.38. The van der Waals surface area contributed by atoms with E-state index in [-0.39, 0.29) is 0 Å². The van der Waals surface area contributed by atoms with Gasteiger partial charge >= 0.3 is 0 Å². The summed E-state index contributed by atoms with van der Waals surface area (Å²) >= 11 is 3.51. The van der Waals surface area contributed by atoms with Crippen LogP contribution in [0.1, 0.15) is 31.7 Å². The summed E-state index contributed by atoms with van der Waals surface area (Å²) in [5.74, 6) is 0.949. The Balaban J connectivity index is 1.66. The highest BCUT2D eigenvalue weighted by molar-refractivity contribution is 9.10. The summed E-state index contributed by atoms with van der Waals surface area (Å²) < 4.78 is 1.17. The first-order valence-electron chi connectivity index (χ1n) is 7.48. The molecule has 1 aromatic carbocycles. The highest BCUT2D eigenvalue weighted by Gasteiger charge is 2.36. The van der Waals surface area contributed by atoms with Gasteiger partial charge in [0, 0.05) is 36.2 Å². The van der Waals surface area contributed by atoms with Crippen LogP contribution in [0.4, 0.5) is 0 Å². The van der Waals surface area contributed by atoms with E-state index < -0.39 is 0 Å². The lowest BCUT2D eigenvalue weighted by Gasteiger charge is -2.40. The van der Waals surface area contributed by atoms with Gasteiger partial charge in [-0.05, 0) is 42.9 Å². The number of hydrogen-bond donors (Lipinski definition) is 1. The van der Waals surface area contributed by atoms with Gasteiger partial charge in [-0.25, -0.2) is 0 Å². The molecule has 1 aliphatic heterocycles. The van der Waals surface area contributed by atoms with Crippen LogP contribution in [-0.2, 0) is 6.54 Å². The predicted molar refractivity (Wildman–Crippen MR) is 83.1 cm³/mol. The van der Waals surface area contributed by atoms with Crippen LogP contribution in [0.5, 0.6) is 0 Å². The number of piperazine rings is 1. The maximum atomic E-state index is 3.76. The summed E-state index contributed by atoms with van der Waals surface area (Å²) in [6.07, 6.45) is 4.10. The maximum absolute atomic E-state index is 3.76. The van der Waals surface area contributed by atoms with Crippen LogP contribution in [0.25, 0.3) is 0 Å². The van der Waals surface area contributed by atoms with Gasteiger partial charge in [0.15, 0.2) is 0 Å². The average molecular weight is 323 g/mol. The number of halogens is 1. The van der Waals surface area contributed by atoms with Crippen molar-refractivity contribution in [2.24, 2.45) is 5.92 Å². The molecule has 2 aliphatic rings. The number of nitrogens with zero attached hydrogens (tertiary/aromatic N) is 1. The minimum atomic E-state index is 0.693. The van der Waals surface area contributed by atoms with Gasteiger partial charge in [-0.1, -0.05) is 35.0 Å². The Labute approximate surface area is 124 Å². The van der Waals surface area contributed by atoms with Crippen LogP contribution in [0, 0.1) is 5.92 Å². The molecule has 1 heterocycles. The van der Waals surface area contributed by atoms with Crippen molar-refractivity contribution in [2.45, 2.75) is 44.8 Å². The third-order valence-corrected chi connectivity index (χ3v) is 5.05. The minimum absolute atomic E-state index is 0.693. The van der Waals surface area contributed by atoms with Crippen molar-refractivity contribution < 1.29 is 0 Å². The molecule has 0 spiro atoms. The van der Waals surface area contributed by atoms with Crippen molar-refractivity contribution in [1.82, 2.24) is 10.2 Å². The van der Waals surface area contributed by atoms with Gasteiger partial charge in [0.1, 0.15) is 0 Å². The van der Waals surface area contributed by atoms with Crippen molar-refractivity contribution >= 4 is 15.9 Å². The largest absolute Gasteiger partial charge is 0.311 e. The van der Waals surface area contributed by atoms with Crippen molar-refractivity contribution in [3.8, 4) is 0 Å². The molecule has 2 atom stereocenters. The summed E-state index contributed by atoms with van der Waals surface area (Å²) in [6, 6.07) is 10.2. The lowest BCUT2D eigenvalue weighted by Crippen LogP contribution is -2.56. The van der Waals surface area contributed by atoms with E-state index in [1.54, 1.807) is 0 Å². The molecule has 2 nitrogen and oxygen atoms in total. The zero-order valence-electron chi connectivity index (χ0n) is 11.6. The summed E-state index contributed by atoms with van der Waals surface area (Å²) in [7, 11) is 0. The molecule has 0 amide bonds. The van der Waals surface area contributed by atoms with Crippen LogP contribution >= 0.6 is 15.9 Å². The van der Waals surface area contributed by atoms with Crippen LogP contribution in [0.15, 0.2) is 28.7 Å². The van der Waals surface area contributed by atoms with Crippen molar-refractivity contribution in [1.29, 1.82) is 0 Å². The number of benzene rings is 1. The predicted octanol–water partition coefficient (Wildman–Crippen LogP) is 3.41. The SMILES string of the molecule is CCC1CNC(C2CC2)CN1Cc1ccc(Br)cc1. The maximum Gasteiger partial charge on any atom is 0.0237 e. The summed E-state index contributed by atoms with van der Waals surface area (Å²) in [4.78, 5) is 2.68. The van der Waals surface area contributed by atoms with Crippen LogP contribution in [0.3, 0.4) is 0 Å². The molecule has 1 N–H and O–H groups in total. The van der Waals surface area contributed by atoms with E-state index in [1.165, 1.54) is 35.8 Å². The molecule has 2 unspecified atom stereocenters. The van der Waals surface area contributed by atoms with Gasteiger partial charge in [-0.2, -0.15) is 0 Å². The van der Waals surface area contributed by atoms with E-state index in [0.29, 0.717) is 6.04 Å². The number of rotatable bonds is 4. The highest BCUT2D eigenvalue weighted by atomic mass is 79.9.